The molecule has 0 aliphatic carbocycles. The molecular weight excluding hydrogens is 470 g/mol. The monoisotopic (exact) mass is 509 g/mol. The van der Waals surface area contributed by atoms with Crippen molar-refractivity contribution in [2.24, 2.45) is 5.92 Å². The number of ether oxygens (including phenoxy) is 3. The lowest BCUT2D eigenvalue weighted by Gasteiger charge is -2.32. The zero-order chi connectivity index (χ0) is 25.9. The molecule has 4 rings (SSSR count). The van der Waals surface area contributed by atoms with Crippen molar-refractivity contribution in [2.75, 3.05) is 59.7 Å². The summed E-state index contributed by atoms with van der Waals surface area (Å²) in [5, 5.41) is 6.39. The first-order valence-electron chi connectivity index (χ1n) is 13.4. The second-order valence-corrected chi connectivity index (χ2v) is 9.70. The van der Waals surface area contributed by atoms with Crippen LogP contribution in [0.15, 0.2) is 48.5 Å². The number of nitrogens with one attached hydrogen (secondary N) is 2. The first-order chi connectivity index (χ1) is 18.1. The number of benzene rings is 2. The van der Waals surface area contributed by atoms with Gasteiger partial charge in [0.25, 0.3) is 5.91 Å². The minimum absolute atomic E-state index is 0.0869. The van der Waals surface area contributed by atoms with E-state index in [0.29, 0.717) is 56.7 Å². The number of piperidine rings is 1. The molecular formula is C29H39N3O5. The fraction of sp³-hybridized carbons (Fsp3) is 0.517. The van der Waals surface area contributed by atoms with Crippen LogP contribution in [0.1, 0.15) is 47.5 Å². The van der Waals surface area contributed by atoms with Crippen LogP contribution >= 0.6 is 0 Å². The van der Waals surface area contributed by atoms with Crippen molar-refractivity contribution in [3.63, 3.8) is 0 Å². The van der Waals surface area contributed by atoms with E-state index >= 15 is 0 Å². The first-order valence-corrected chi connectivity index (χ1v) is 13.4. The Hall–Kier alpha value is -3.10. The minimum Gasteiger partial charge on any atom is -0.493 e. The summed E-state index contributed by atoms with van der Waals surface area (Å²) in [5.41, 5.74) is 1.91. The number of hydrogen-bond acceptors (Lipinski definition) is 6. The Morgan fingerprint density at radius 2 is 1.81 bits per heavy atom. The molecule has 2 heterocycles. The second-order valence-electron chi connectivity index (χ2n) is 9.70. The number of amides is 2. The molecule has 0 radical (unpaired) electrons. The fourth-order valence-electron chi connectivity index (χ4n) is 4.99. The molecule has 200 valence electrons. The number of likely N-dealkylation sites (tertiary alicyclic amines) is 1. The molecule has 2 aliphatic heterocycles. The number of carbonyl (C=O) groups is 2. The molecule has 2 saturated heterocycles. The molecule has 2 amide bonds. The highest BCUT2D eigenvalue weighted by Gasteiger charge is 2.27. The molecule has 2 fully saturated rings. The van der Waals surface area contributed by atoms with Crippen LogP contribution in [0.5, 0.6) is 11.5 Å². The second kappa shape index (κ2) is 14.0. The molecule has 2 aromatic rings. The van der Waals surface area contributed by atoms with Gasteiger partial charge in [-0.25, -0.2) is 0 Å². The van der Waals surface area contributed by atoms with E-state index in [0.717, 1.165) is 50.4 Å². The molecule has 8 nitrogen and oxygen atoms in total. The topological polar surface area (TPSA) is 89.1 Å². The van der Waals surface area contributed by atoms with Crippen molar-refractivity contribution < 1.29 is 23.8 Å². The predicted octanol–water partition coefficient (Wildman–Crippen LogP) is 3.23. The molecule has 0 spiro atoms. The largest absolute Gasteiger partial charge is 0.493 e. The van der Waals surface area contributed by atoms with Crippen LogP contribution in [0.2, 0.25) is 0 Å². The summed E-state index contributed by atoms with van der Waals surface area (Å²) in [6, 6.07) is 15.7. The van der Waals surface area contributed by atoms with Gasteiger partial charge in [-0.05, 0) is 73.7 Å². The van der Waals surface area contributed by atoms with Crippen molar-refractivity contribution in [1.82, 2.24) is 15.5 Å². The molecule has 0 unspecified atom stereocenters. The minimum atomic E-state index is -0.0869. The van der Waals surface area contributed by atoms with Gasteiger partial charge in [-0.2, -0.15) is 0 Å². The van der Waals surface area contributed by atoms with Crippen molar-refractivity contribution >= 4 is 11.8 Å². The first kappa shape index (κ1) is 26.9. The number of methoxy groups -OCH3 is 1. The average Bonchev–Trinajstić information content (AvgIpc) is 3.35. The van der Waals surface area contributed by atoms with E-state index in [1.165, 1.54) is 5.56 Å². The highest BCUT2D eigenvalue weighted by atomic mass is 16.5. The number of nitrogens with zero attached hydrogens (tertiary/aromatic N) is 1. The van der Waals surface area contributed by atoms with Crippen LogP contribution in [-0.2, 0) is 9.53 Å². The van der Waals surface area contributed by atoms with Gasteiger partial charge >= 0.3 is 0 Å². The zero-order valence-electron chi connectivity index (χ0n) is 21.7. The molecule has 0 aromatic heterocycles. The molecule has 2 atom stereocenters. The maximum Gasteiger partial charge on any atom is 0.251 e. The Balaban J connectivity index is 1.25. The average molecular weight is 510 g/mol. The van der Waals surface area contributed by atoms with E-state index < -0.39 is 0 Å². The van der Waals surface area contributed by atoms with E-state index in [9.17, 15) is 9.59 Å². The van der Waals surface area contributed by atoms with E-state index in [1.807, 2.05) is 29.2 Å². The third-order valence-electron chi connectivity index (χ3n) is 7.11. The van der Waals surface area contributed by atoms with E-state index in [2.05, 4.69) is 22.8 Å². The zero-order valence-corrected chi connectivity index (χ0v) is 21.7. The predicted molar refractivity (Wildman–Crippen MR) is 142 cm³/mol. The van der Waals surface area contributed by atoms with Gasteiger partial charge in [-0.1, -0.05) is 12.1 Å². The van der Waals surface area contributed by atoms with Crippen molar-refractivity contribution in [2.45, 2.75) is 31.6 Å². The quantitative estimate of drug-likeness (QED) is 0.403. The third-order valence-corrected chi connectivity index (χ3v) is 7.11. The molecule has 0 saturated carbocycles. The molecule has 0 bridgehead atoms. The van der Waals surface area contributed by atoms with E-state index in [-0.39, 0.29) is 11.8 Å². The van der Waals surface area contributed by atoms with Gasteiger partial charge in [0.1, 0.15) is 18.1 Å². The SMILES string of the molecule is COCCCNC(=O)c1ccc(OC[C@@H]2CNCC[C@H]2c2ccc(OCCN3CCCC3=O)cc2)cc1. The van der Waals surface area contributed by atoms with Gasteiger partial charge in [0.2, 0.25) is 5.91 Å². The molecule has 2 aromatic carbocycles. The lowest BCUT2D eigenvalue weighted by atomic mass is 9.81. The Labute approximate surface area is 219 Å². The lowest BCUT2D eigenvalue weighted by molar-refractivity contribution is -0.128. The molecule has 37 heavy (non-hydrogen) atoms. The van der Waals surface area contributed by atoms with Crippen molar-refractivity contribution in [3.8, 4) is 11.5 Å². The number of carbonyl (C=O) groups excluding carboxylic acids is 2. The van der Waals surface area contributed by atoms with Crippen LogP contribution < -0.4 is 20.1 Å². The van der Waals surface area contributed by atoms with Crippen LogP contribution in [0.4, 0.5) is 0 Å². The van der Waals surface area contributed by atoms with Gasteiger partial charge < -0.3 is 29.7 Å². The highest BCUT2D eigenvalue weighted by Crippen LogP contribution is 2.32. The summed E-state index contributed by atoms with van der Waals surface area (Å²) < 4.78 is 17.0. The normalized spacial score (nSPS) is 19.6. The lowest BCUT2D eigenvalue weighted by Crippen LogP contribution is -2.38. The van der Waals surface area contributed by atoms with E-state index in [1.54, 1.807) is 19.2 Å². The Morgan fingerprint density at radius 3 is 2.54 bits per heavy atom. The van der Waals surface area contributed by atoms with Crippen LogP contribution in [0, 0.1) is 5.92 Å². The standard InChI is InChI=1S/C29H39N3O5/c1-35-18-3-14-31-29(34)23-7-11-26(12-8-23)37-21-24-20-30-15-13-27(24)22-5-9-25(10-6-22)36-19-17-32-16-2-4-28(32)33/h5-12,24,27,30H,2-4,13-21H2,1H3,(H,31,34)/t24-,27-/m0/s1. The summed E-state index contributed by atoms with van der Waals surface area (Å²) in [6.45, 7) is 5.71. The fourth-order valence-corrected chi connectivity index (χ4v) is 4.99. The number of rotatable bonds is 13. The maximum atomic E-state index is 12.3. The smallest absolute Gasteiger partial charge is 0.251 e. The molecule has 2 aliphatic rings. The summed E-state index contributed by atoms with van der Waals surface area (Å²) in [5.74, 6) is 2.48. The number of hydrogen-bond donors (Lipinski definition) is 2. The summed E-state index contributed by atoms with van der Waals surface area (Å²) in [4.78, 5) is 25.9. The summed E-state index contributed by atoms with van der Waals surface area (Å²) >= 11 is 0. The summed E-state index contributed by atoms with van der Waals surface area (Å²) in [7, 11) is 1.65. The van der Waals surface area contributed by atoms with Gasteiger partial charge in [0.15, 0.2) is 0 Å². The van der Waals surface area contributed by atoms with Crippen LogP contribution in [0.25, 0.3) is 0 Å². The van der Waals surface area contributed by atoms with Gasteiger partial charge in [0.05, 0.1) is 13.2 Å². The van der Waals surface area contributed by atoms with Crippen molar-refractivity contribution in [1.29, 1.82) is 0 Å². The van der Waals surface area contributed by atoms with Crippen molar-refractivity contribution in [3.05, 3.63) is 59.7 Å². The Kier molecular flexibility index (Phi) is 10.2. The third kappa shape index (κ3) is 7.94. The maximum absolute atomic E-state index is 12.3. The van der Waals surface area contributed by atoms with Gasteiger partial charge in [0, 0.05) is 51.3 Å². The Bertz CT molecular complexity index is 996. The molecule has 2 N–H and O–H groups in total. The molecule has 8 heteroatoms. The Morgan fingerprint density at radius 1 is 1.05 bits per heavy atom. The van der Waals surface area contributed by atoms with Crippen LogP contribution in [-0.4, -0.2) is 76.4 Å². The van der Waals surface area contributed by atoms with Crippen LogP contribution in [0.3, 0.4) is 0 Å². The van der Waals surface area contributed by atoms with E-state index in [4.69, 9.17) is 14.2 Å². The van der Waals surface area contributed by atoms with Gasteiger partial charge in [-0.3, -0.25) is 9.59 Å². The van der Waals surface area contributed by atoms with Gasteiger partial charge in [-0.15, -0.1) is 0 Å². The highest BCUT2D eigenvalue weighted by molar-refractivity contribution is 5.94. The summed E-state index contributed by atoms with van der Waals surface area (Å²) in [6.07, 6.45) is 3.45.